The quantitative estimate of drug-likeness (QED) is 0.733. The Morgan fingerprint density at radius 2 is 1.90 bits per heavy atom. The summed E-state index contributed by atoms with van der Waals surface area (Å²) in [5.41, 5.74) is 6.01. The van der Waals surface area contributed by atoms with Crippen LogP contribution in [0, 0.1) is 0 Å². The Hall–Kier alpha value is -1.75. The molecule has 0 unspecified atom stereocenters. The third-order valence-corrected chi connectivity index (χ3v) is 3.87. The molecule has 0 heterocycles. The van der Waals surface area contributed by atoms with Crippen molar-refractivity contribution in [2.45, 2.75) is 38.1 Å². The number of hydrogen-bond donors (Lipinski definition) is 3. The van der Waals surface area contributed by atoms with Crippen molar-refractivity contribution in [2.75, 3.05) is 13.1 Å². The Labute approximate surface area is 119 Å². The molecule has 0 bridgehead atoms. The van der Waals surface area contributed by atoms with Crippen LogP contribution < -0.4 is 5.73 Å². The molecule has 0 aliphatic heterocycles. The third kappa shape index (κ3) is 3.22. The highest BCUT2D eigenvalue weighted by molar-refractivity contribution is 5.95. The van der Waals surface area contributed by atoms with Crippen molar-refractivity contribution < 1.29 is 15.0 Å². The Kier molecular flexibility index (Phi) is 4.84. The van der Waals surface area contributed by atoms with E-state index >= 15 is 0 Å². The molecule has 5 nitrogen and oxygen atoms in total. The first-order chi connectivity index (χ1) is 9.63. The number of hydrogen-bond acceptors (Lipinski definition) is 4. The summed E-state index contributed by atoms with van der Waals surface area (Å²) in [6, 6.07) is 4.41. The molecule has 0 spiro atoms. The summed E-state index contributed by atoms with van der Waals surface area (Å²) >= 11 is 0. The first-order valence-corrected chi connectivity index (χ1v) is 7.16. The largest absolute Gasteiger partial charge is 0.504 e. The van der Waals surface area contributed by atoms with E-state index in [1.54, 1.807) is 0 Å². The predicted octanol–water partition coefficient (Wildman–Crippen LogP) is 1.83. The second kappa shape index (κ2) is 6.61. The van der Waals surface area contributed by atoms with Crippen LogP contribution in [0.3, 0.4) is 0 Å². The van der Waals surface area contributed by atoms with Gasteiger partial charge in [0.1, 0.15) is 0 Å². The smallest absolute Gasteiger partial charge is 0.254 e. The van der Waals surface area contributed by atoms with Crippen molar-refractivity contribution >= 4 is 5.91 Å². The number of phenolic OH excluding ortho intramolecular Hbond substituents is 2. The van der Waals surface area contributed by atoms with E-state index in [2.05, 4.69) is 0 Å². The maximum Gasteiger partial charge on any atom is 0.254 e. The number of carbonyl (C=O) groups excluding carboxylic acids is 1. The van der Waals surface area contributed by atoms with Crippen LogP contribution in [0.2, 0.25) is 0 Å². The molecule has 1 fully saturated rings. The van der Waals surface area contributed by atoms with Gasteiger partial charge >= 0.3 is 0 Å². The van der Waals surface area contributed by atoms with E-state index in [0.717, 1.165) is 25.7 Å². The van der Waals surface area contributed by atoms with Gasteiger partial charge in [0.25, 0.3) is 5.91 Å². The molecule has 1 aliphatic carbocycles. The van der Waals surface area contributed by atoms with Gasteiger partial charge in [-0.3, -0.25) is 4.79 Å². The highest BCUT2D eigenvalue weighted by atomic mass is 16.3. The Morgan fingerprint density at radius 1 is 1.20 bits per heavy atom. The lowest BCUT2D eigenvalue weighted by Crippen LogP contribution is -2.44. The van der Waals surface area contributed by atoms with Crippen LogP contribution in [0.25, 0.3) is 0 Å². The molecule has 110 valence electrons. The SMILES string of the molecule is NCCN(C(=O)c1ccc(O)c(O)c1)C1CCCCC1. The molecular formula is C15H22N2O3. The zero-order chi connectivity index (χ0) is 14.5. The standard InChI is InChI=1S/C15H22N2O3/c16-8-9-17(12-4-2-1-3-5-12)15(20)11-6-7-13(18)14(19)10-11/h6-7,10,12,18-19H,1-5,8-9,16H2. The maximum absolute atomic E-state index is 12.6. The van der Waals surface area contributed by atoms with Gasteiger partial charge in [-0.05, 0) is 31.0 Å². The molecule has 20 heavy (non-hydrogen) atoms. The summed E-state index contributed by atoms with van der Waals surface area (Å²) < 4.78 is 0. The van der Waals surface area contributed by atoms with Crippen molar-refractivity contribution in [3.05, 3.63) is 23.8 Å². The fourth-order valence-corrected chi connectivity index (χ4v) is 2.80. The van der Waals surface area contributed by atoms with E-state index in [9.17, 15) is 15.0 Å². The first kappa shape index (κ1) is 14.7. The molecular weight excluding hydrogens is 256 g/mol. The summed E-state index contributed by atoms with van der Waals surface area (Å²) in [6.45, 7) is 0.942. The second-order valence-corrected chi connectivity index (χ2v) is 5.28. The van der Waals surface area contributed by atoms with E-state index in [1.807, 2.05) is 4.90 Å². The van der Waals surface area contributed by atoms with Crippen LogP contribution in [0.4, 0.5) is 0 Å². The van der Waals surface area contributed by atoms with Crippen LogP contribution in [0.15, 0.2) is 18.2 Å². The van der Waals surface area contributed by atoms with Crippen LogP contribution in [0.1, 0.15) is 42.5 Å². The number of nitrogens with two attached hydrogens (primary N) is 1. The predicted molar refractivity (Wildman–Crippen MR) is 76.7 cm³/mol. The highest BCUT2D eigenvalue weighted by Crippen LogP contribution is 2.28. The van der Waals surface area contributed by atoms with Gasteiger partial charge in [-0.2, -0.15) is 0 Å². The molecule has 0 radical (unpaired) electrons. The number of nitrogens with zero attached hydrogens (tertiary/aromatic N) is 1. The van der Waals surface area contributed by atoms with Crippen LogP contribution in [-0.4, -0.2) is 40.2 Å². The van der Waals surface area contributed by atoms with Gasteiger partial charge in [0.2, 0.25) is 0 Å². The molecule has 4 N–H and O–H groups in total. The van der Waals surface area contributed by atoms with Gasteiger partial charge in [0, 0.05) is 24.7 Å². The van der Waals surface area contributed by atoms with Gasteiger partial charge in [0.05, 0.1) is 0 Å². The van der Waals surface area contributed by atoms with Crippen LogP contribution >= 0.6 is 0 Å². The molecule has 0 aromatic heterocycles. The summed E-state index contributed by atoms with van der Waals surface area (Å²) in [6.07, 6.45) is 5.52. The monoisotopic (exact) mass is 278 g/mol. The number of aromatic hydroxyl groups is 2. The number of amides is 1. The van der Waals surface area contributed by atoms with Crippen molar-refractivity contribution in [3.63, 3.8) is 0 Å². The topological polar surface area (TPSA) is 86.8 Å². The van der Waals surface area contributed by atoms with Gasteiger partial charge in [-0.25, -0.2) is 0 Å². The Balaban J connectivity index is 2.18. The van der Waals surface area contributed by atoms with E-state index in [1.165, 1.54) is 24.6 Å². The summed E-state index contributed by atoms with van der Waals surface area (Å²) in [5.74, 6) is -0.616. The van der Waals surface area contributed by atoms with E-state index < -0.39 is 0 Å². The Morgan fingerprint density at radius 3 is 2.50 bits per heavy atom. The van der Waals surface area contributed by atoms with Gasteiger partial charge in [-0.15, -0.1) is 0 Å². The fraction of sp³-hybridized carbons (Fsp3) is 0.533. The number of carbonyl (C=O) groups is 1. The number of benzene rings is 1. The molecule has 0 saturated heterocycles. The second-order valence-electron chi connectivity index (χ2n) is 5.28. The van der Waals surface area contributed by atoms with Crippen molar-refractivity contribution in [1.82, 2.24) is 4.90 Å². The molecule has 1 aromatic rings. The minimum absolute atomic E-state index is 0.127. The molecule has 5 heteroatoms. The lowest BCUT2D eigenvalue weighted by Gasteiger charge is -2.34. The first-order valence-electron chi connectivity index (χ1n) is 7.16. The van der Waals surface area contributed by atoms with Crippen molar-refractivity contribution in [3.8, 4) is 11.5 Å². The molecule has 1 aromatic carbocycles. The van der Waals surface area contributed by atoms with Crippen molar-refractivity contribution in [1.29, 1.82) is 0 Å². The Bertz CT molecular complexity index is 470. The minimum Gasteiger partial charge on any atom is -0.504 e. The summed E-state index contributed by atoms with van der Waals surface area (Å²) in [7, 11) is 0. The average molecular weight is 278 g/mol. The van der Waals surface area contributed by atoms with Gasteiger partial charge < -0.3 is 20.8 Å². The van der Waals surface area contributed by atoms with Gasteiger partial charge in [-0.1, -0.05) is 19.3 Å². The van der Waals surface area contributed by atoms with E-state index in [-0.39, 0.29) is 23.4 Å². The third-order valence-electron chi connectivity index (χ3n) is 3.87. The lowest BCUT2D eigenvalue weighted by molar-refractivity contribution is 0.0641. The maximum atomic E-state index is 12.6. The molecule has 1 saturated carbocycles. The van der Waals surface area contributed by atoms with E-state index in [0.29, 0.717) is 18.7 Å². The van der Waals surface area contributed by atoms with Crippen LogP contribution in [-0.2, 0) is 0 Å². The average Bonchev–Trinajstić information content (AvgIpc) is 2.48. The number of phenols is 2. The van der Waals surface area contributed by atoms with Crippen molar-refractivity contribution in [2.24, 2.45) is 5.73 Å². The molecule has 0 atom stereocenters. The van der Waals surface area contributed by atoms with Crippen LogP contribution in [0.5, 0.6) is 11.5 Å². The molecule has 1 amide bonds. The summed E-state index contributed by atoms with van der Waals surface area (Å²) in [5, 5.41) is 18.8. The summed E-state index contributed by atoms with van der Waals surface area (Å²) in [4.78, 5) is 14.4. The zero-order valence-electron chi connectivity index (χ0n) is 11.6. The number of rotatable bonds is 4. The molecule has 1 aliphatic rings. The normalized spacial score (nSPS) is 16.1. The zero-order valence-corrected chi connectivity index (χ0v) is 11.6. The highest BCUT2D eigenvalue weighted by Gasteiger charge is 2.26. The van der Waals surface area contributed by atoms with E-state index in [4.69, 9.17) is 5.73 Å². The van der Waals surface area contributed by atoms with Gasteiger partial charge in [0.15, 0.2) is 11.5 Å². The lowest BCUT2D eigenvalue weighted by atomic mass is 9.93. The fourth-order valence-electron chi connectivity index (χ4n) is 2.80. The molecule has 2 rings (SSSR count). The minimum atomic E-state index is -0.271.